The van der Waals surface area contributed by atoms with Gasteiger partial charge in [-0.05, 0) is 49.9 Å². The van der Waals surface area contributed by atoms with Crippen molar-refractivity contribution in [2.24, 2.45) is 0 Å². The Bertz CT molecular complexity index is 1180. The fraction of sp³-hybridized carbons (Fsp3) is 0.400. The van der Waals surface area contributed by atoms with Crippen LogP contribution in [0.25, 0.3) is 10.9 Å². The quantitative estimate of drug-likeness (QED) is 0.402. The number of thioether (sulfide) groups is 1. The van der Waals surface area contributed by atoms with E-state index in [4.69, 9.17) is 9.72 Å². The molecular formula is C25H29N3O3S. The van der Waals surface area contributed by atoms with Gasteiger partial charge in [0.15, 0.2) is 5.16 Å². The minimum atomic E-state index is -0.0790. The summed E-state index contributed by atoms with van der Waals surface area (Å²) < 4.78 is 7.44. The first-order valence-electron chi connectivity index (χ1n) is 11.0. The standard InChI is InChI=1S/C25H29N3O3S/c1-17-10-11-19(18(2)13-17)14-27(3)23(29)16-32-25-26-22-9-5-4-8-21(22)24(30)28(25)15-20-7-6-12-31-20/h4-5,8-11,13,20H,6-7,12,14-16H2,1-3H3. The summed E-state index contributed by atoms with van der Waals surface area (Å²) in [6.45, 7) is 5.88. The number of ether oxygens (including phenoxy) is 1. The lowest BCUT2D eigenvalue weighted by atomic mass is 10.1. The third-order valence-electron chi connectivity index (χ3n) is 5.89. The lowest BCUT2D eigenvalue weighted by Gasteiger charge is -2.20. The number of aromatic nitrogens is 2. The number of nitrogens with zero attached hydrogens (tertiary/aromatic N) is 3. The lowest BCUT2D eigenvalue weighted by molar-refractivity contribution is -0.127. The van der Waals surface area contributed by atoms with E-state index in [9.17, 15) is 9.59 Å². The number of benzene rings is 2. The molecule has 1 amide bonds. The summed E-state index contributed by atoms with van der Waals surface area (Å²) in [6, 6.07) is 13.6. The minimum absolute atomic E-state index is 0.000971. The second-order valence-corrected chi connectivity index (χ2v) is 9.37. The van der Waals surface area contributed by atoms with Crippen LogP contribution in [0.15, 0.2) is 52.4 Å². The molecular weight excluding hydrogens is 422 g/mol. The maximum Gasteiger partial charge on any atom is 0.262 e. The van der Waals surface area contributed by atoms with Crippen LogP contribution in [0.1, 0.15) is 29.5 Å². The molecule has 1 aromatic heterocycles. The molecule has 0 bridgehead atoms. The highest BCUT2D eigenvalue weighted by molar-refractivity contribution is 7.99. The number of carbonyl (C=O) groups excluding carboxylic acids is 1. The van der Waals surface area contributed by atoms with Gasteiger partial charge in [0.1, 0.15) is 0 Å². The molecule has 1 unspecified atom stereocenters. The van der Waals surface area contributed by atoms with E-state index in [0.29, 0.717) is 29.1 Å². The molecule has 1 aliphatic heterocycles. The van der Waals surface area contributed by atoms with Crippen molar-refractivity contribution in [2.75, 3.05) is 19.4 Å². The van der Waals surface area contributed by atoms with Crippen LogP contribution in [0.3, 0.4) is 0 Å². The third kappa shape index (κ3) is 5.05. The Hall–Kier alpha value is -2.64. The first-order chi connectivity index (χ1) is 15.4. The highest BCUT2D eigenvalue weighted by Crippen LogP contribution is 2.22. The van der Waals surface area contributed by atoms with E-state index in [0.717, 1.165) is 25.0 Å². The van der Waals surface area contributed by atoms with E-state index in [1.54, 1.807) is 15.5 Å². The van der Waals surface area contributed by atoms with Crippen LogP contribution in [0, 0.1) is 13.8 Å². The number of hydrogen-bond acceptors (Lipinski definition) is 5. The maximum absolute atomic E-state index is 13.2. The topological polar surface area (TPSA) is 64.4 Å². The van der Waals surface area contributed by atoms with Crippen molar-refractivity contribution >= 4 is 28.6 Å². The monoisotopic (exact) mass is 451 g/mol. The number of aryl methyl sites for hydroxylation is 2. The van der Waals surface area contributed by atoms with Crippen molar-refractivity contribution < 1.29 is 9.53 Å². The van der Waals surface area contributed by atoms with E-state index in [1.165, 1.54) is 22.9 Å². The molecule has 0 aliphatic carbocycles. The van der Waals surface area contributed by atoms with Gasteiger partial charge in [-0.3, -0.25) is 14.2 Å². The highest BCUT2D eigenvalue weighted by Gasteiger charge is 2.21. The smallest absolute Gasteiger partial charge is 0.262 e. The van der Waals surface area contributed by atoms with Gasteiger partial charge in [-0.15, -0.1) is 0 Å². The van der Waals surface area contributed by atoms with Crippen LogP contribution in [-0.2, 0) is 22.6 Å². The molecule has 0 radical (unpaired) electrons. The predicted octanol–water partition coefficient (Wildman–Crippen LogP) is 3.94. The van der Waals surface area contributed by atoms with Crippen LogP contribution in [0.4, 0.5) is 0 Å². The van der Waals surface area contributed by atoms with Gasteiger partial charge >= 0.3 is 0 Å². The minimum Gasteiger partial charge on any atom is -0.376 e. The first-order valence-corrected chi connectivity index (χ1v) is 11.9. The van der Waals surface area contributed by atoms with Gasteiger partial charge in [-0.1, -0.05) is 47.7 Å². The third-order valence-corrected chi connectivity index (χ3v) is 6.85. The van der Waals surface area contributed by atoms with E-state index < -0.39 is 0 Å². The molecule has 1 saturated heterocycles. The average molecular weight is 452 g/mol. The zero-order chi connectivity index (χ0) is 22.7. The van der Waals surface area contributed by atoms with Gasteiger partial charge in [0.2, 0.25) is 5.91 Å². The van der Waals surface area contributed by atoms with Gasteiger partial charge in [-0.25, -0.2) is 4.98 Å². The molecule has 0 N–H and O–H groups in total. The number of rotatable bonds is 7. The summed E-state index contributed by atoms with van der Waals surface area (Å²) in [5.41, 5.74) is 4.10. The molecule has 6 nitrogen and oxygen atoms in total. The van der Waals surface area contributed by atoms with E-state index in [2.05, 4.69) is 32.0 Å². The van der Waals surface area contributed by atoms with Crippen molar-refractivity contribution in [1.29, 1.82) is 0 Å². The van der Waals surface area contributed by atoms with E-state index in [1.807, 2.05) is 25.2 Å². The van der Waals surface area contributed by atoms with Crippen molar-refractivity contribution in [3.05, 3.63) is 69.5 Å². The Morgan fingerprint density at radius 1 is 1.25 bits per heavy atom. The predicted molar refractivity (Wildman–Crippen MR) is 128 cm³/mol. The SMILES string of the molecule is Cc1ccc(CN(C)C(=O)CSc2nc3ccccc3c(=O)n2CC2CCCO2)c(C)c1. The molecule has 1 aliphatic rings. The number of carbonyl (C=O) groups is 1. The van der Waals surface area contributed by atoms with Gasteiger partial charge in [0.25, 0.3) is 5.56 Å². The average Bonchev–Trinajstić information content (AvgIpc) is 3.29. The molecule has 0 saturated carbocycles. The lowest BCUT2D eigenvalue weighted by Crippen LogP contribution is -2.30. The molecule has 4 rings (SSSR count). The van der Waals surface area contributed by atoms with E-state index >= 15 is 0 Å². The maximum atomic E-state index is 13.2. The molecule has 7 heteroatoms. The second kappa shape index (κ2) is 9.88. The Balaban J connectivity index is 1.52. The second-order valence-electron chi connectivity index (χ2n) is 8.43. The van der Waals surface area contributed by atoms with Gasteiger partial charge in [-0.2, -0.15) is 0 Å². The van der Waals surface area contributed by atoms with Crippen LogP contribution < -0.4 is 5.56 Å². The molecule has 32 heavy (non-hydrogen) atoms. The Labute approximate surface area is 192 Å². The fourth-order valence-corrected chi connectivity index (χ4v) is 4.96. The zero-order valence-electron chi connectivity index (χ0n) is 18.8. The summed E-state index contributed by atoms with van der Waals surface area (Å²) in [6.07, 6.45) is 1.95. The number of amides is 1. The largest absolute Gasteiger partial charge is 0.376 e. The van der Waals surface area contributed by atoms with Crippen LogP contribution >= 0.6 is 11.8 Å². The molecule has 1 atom stereocenters. The summed E-state index contributed by atoms with van der Waals surface area (Å²) in [5.74, 6) is 0.221. The highest BCUT2D eigenvalue weighted by atomic mass is 32.2. The van der Waals surface area contributed by atoms with E-state index in [-0.39, 0.29) is 23.3 Å². The summed E-state index contributed by atoms with van der Waals surface area (Å²) in [5, 5.41) is 1.16. The fourth-order valence-electron chi connectivity index (χ4n) is 4.01. The molecule has 168 valence electrons. The first kappa shape index (κ1) is 22.6. The van der Waals surface area contributed by atoms with Crippen molar-refractivity contribution in [1.82, 2.24) is 14.5 Å². The Morgan fingerprint density at radius 2 is 2.06 bits per heavy atom. The molecule has 1 fully saturated rings. The van der Waals surface area contributed by atoms with Gasteiger partial charge < -0.3 is 9.64 Å². The van der Waals surface area contributed by atoms with Crippen LogP contribution in [0.5, 0.6) is 0 Å². The number of hydrogen-bond donors (Lipinski definition) is 0. The normalized spacial score (nSPS) is 15.9. The Kier molecular flexibility index (Phi) is 6.96. The molecule has 0 spiro atoms. The van der Waals surface area contributed by atoms with Crippen LogP contribution in [0.2, 0.25) is 0 Å². The van der Waals surface area contributed by atoms with Gasteiger partial charge in [0.05, 0.1) is 29.3 Å². The van der Waals surface area contributed by atoms with Crippen LogP contribution in [-0.4, -0.2) is 45.9 Å². The number of fused-ring (bicyclic) bond motifs is 1. The number of para-hydroxylation sites is 1. The van der Waals surface area contributed by atoms with Crippen molar-refractivity contribution in [3.63, 3.8) is 0 Å². The molecule has 2 aromatic carbocycles. The zero-order valence-corrected chi connectivity index (χ0v) is 19.7. The van der Waals surface area contributed by atoms with Crippen molar-refractivity contribution in [2.45, 2.75) is 51.0 Å². The summed E-state index contributed by atoms with van der Waals surface area (Å²) in [7, 11) is 1.81. The Morgan fingerprint density at radius 3 is 2.81 bits per heavy atom. The van der Waals surface area contributed by atoms with Crippen molar-refractivity contribution in [3.8, 4) is 0 Å². The summed E-state index contributed by atoms with van der Waals surface area (Å²) in [4.78, 5) is 32.5. The molecule has 2 heterocycles. The molecule has 3 aromatic rings. The summed E-state index contributed by atoms with van der Waals surface area (Å²) >= 11 is 1.32. The van der Waals surface area contributed by atoms with Gasteiger partial charge in [0, 0.05) is 20.2 Å².